The number of piperazine rings is 1. The average molecular weight is 946 g/mol. The Labute approximate surface area is 406 Å². The van der Waals surface area contributed by atoms with Crippen LogP contribution in [-0.4, -0.2) is 92.5 Å². The molecule has 2 aromatic heterocycles. The van der Waals surface area contributed by atoms with E-state index in [1.165, 1.54) is 0 Å². The maximum absolute atomic E-state index is 13.3. The first-order valence-corrected chi connectivity index (χ1v) is 23.2. The molecule has 13 heteroatoms. The minimum atomic E-state index is -0.1000. The molecule has 0 amide bonds. The number of methoxy groups -OCH3 is 2. The van der Waals surface area contributed by atoms with Gasteiger partial charge in [0.05, 0.1) is 42.3 Å². The standard InChI is InChI=1S/C30H31N3O4.C26H22ClNO4/c1-21-8-9-26(24(18-21)30(34)22-6-4-3-5-7-22)37-27-10-11-32-25-20-29(28(35-2)19-23(25)27)36-17-16-33-14-12-31-13-15-33;1-17-8-9-22(20(14-17)26(29)18-6-4-3-5-7-18)32-23-10-12-28-21-16-25(31-13-11-27)24(30-2)15-19(21)23/h3-11,18-20,31H,12-17H2,1-2H3;3-10,12,14-16H,11,13H2,1-2H3. The van der Waals surface area contributed by atoms with Gasteiger partial charge < -0.3 is 33.7 Å². The molecule has 0 spiro atoms. The normalized spacial score (nSPS) is 12.4. The summed E-state index contributed by atoms with van der Waals surface area (Å²) in [4.78, 5) is 37.8. The Morgan fingerprint density at radius 2 is 1.01 bits per heavy atom. The molecule has 1 aliphatic heterocycles. The topological polar surface area (TPSA) is 131 Å². The van der Waals surface area contributed by atoms with E-state index in [0.29, 0.717) is 92.9 Å². The van der Waals surface area contributed by atoms with E-state index in [4.69, 9.17) is 40.0 Å². The molecule has 0 atom stereocenters. The highest BCUT2D eigenvalue weighted by atomic mass is 35.5. The van der Waals surface area contributed by atoms with E-state index in [2.05, 4.69) is 20.2 Å². The number of hydrogen-bond donors (Lipinski definition) is 1. The number of hydrogen-bond acceptors (Lipinski definition) is 12. The van der Waals surface area contributed by atoms with Gasteiger partial charge in [-0.15, -0.1) is 11.6 Å². The summed E-state index contributed by atoms with van der Waals surface area (Å²) < 4.78 is 35.5. The van der Waals surface area contributed by atoms with E-state index in [0.717, 1.165) is 60.1 Å². The Kier molecular flexibility index (Phi) is 16.0. The Bertz CT molecular complexity index is 3060. The Morgan fingerprint density at radius 1 is 0.551 bits per heavy atom. The largest absolute Gasteiger partial charge is 0.493 e. The number of ether oxygens (including phenoxy) is 6. The van der Waals surface area contributed by atoms with Gasteiger partial charge in [-0.3, -0.25) is 24.5 Å². The molecule has 12 nitrogen and oxygen atoms in total. The minimum absolute atomic E-state index is 0.0876. The van der Waals surface area contributed by atoms with E-state index < -0.39 is 0 Å². The number of benzene rings is 6. The summed E-state index contributed by atoms with van der Waals surface area (Å²) in [6, 6.07) is 40.5. The number of nitrogens with one attached hydrogen (secondary N) is 1. The van der Waals surface area contributed by atoms with Gasteiger partial charge in [0, 0.05) is 79.1 Å². The van der Waals surface area contributed by atoms with Crippen molar-refractivity contribution in [2.75, 3.05) is 66.0 Å². The molecule has 69 heavy (non-hydrogen) atoms. The van der Waals surface area contributed by atoms with Crippen molar-refractivity contribution < 1.29 is 38.0 Å². The third kappa shape index (κ3) is 11.8. The Hall–Kier alpha value is -7.51. The van der Waals surface area contributed by atoms with Crippen molar-refractivity contribution in [3.05, 3.63) is 179 Å². The van der Waals surface area contributed by atoms with Crippen LogP contribution in [0, 0.1) is 13.8 Å². The van der Waals surface area contributed by atoms with Crippen molar-refractivity contribution in [1.82, 2.24) is 20.2 Å². The molecule has 1 N–H and O–H groups in total. The highest BCUT2D eigenvalue weighted by Gasteiger charge is 2.20. The molecule has 8 aromatic rings. The van der Waals surface area contributed by atoms with Crippen LogP contribution >= 0.6 is 11.6 Å². The zero-order chi connectivity index (χ0) is 48.1. The van der Waals surface area contributed by atoms with Gasteiger partial charge in [0.25, 0.3) is 0 Å². The summed E-state index contributed by atoms with van der Waals surface area (Å²) >= 11 is 5.75. The molecule has 0 bridgehead atoms. The van der Waals surface area contributed by atoms with Gasteiger partial charge in [0.1, 0.15) is 36.2 Å². The van der Waals surface area contributed by atoms with Crippen molar-refractivity contribution in [2.24, 2.45) is 0 Å². The lowest BCUT2D eigenvalue weighted by molar-refractivity contribution is 0.102. The molecule has 1 fully saturated rings. The second kappa shape index (κ2) is 23.0. The molecule has 0 aliphatic carbocycles. The first-order valence-electron chi connectivity index (χ1n) is 22.7. The summed E-state index contributed by atoms with van der Waals surface area (Å²) in [7, 11) is 3.19. The van der Waals surface area contributed by atoms with Gasteiger partial charge in [-0.05, 0) is 62.4 Å². The maximum Gasteiger partial charge on any atom is 0.196 e. The lowest BCUT2D eigenvalue weighted by atomic mass is 10.0. The molecule has 352 valence electrons. The molecular formula is C56H53ClN4O8. The zero-order valence-electron chi connectivity index (χ0n) is 39.0. The van der Waals surface area contributed by atoms with Crippen LogP contribution in [0.1, 0.15) is 43.0 Å². The minimum Gasteiger partial charge on any atom is -0.493 e. The average Bonchev–Trinajstić information content (AvgIpc) is 3.39. The van der Waals surface area contributed by atoms with Crippen molar-refractivity contribution in [1.29, 1.82) is 0 Å². The first kappa shape index (κ1) is 48.0. The van der Waals surface area contributed by atoms with Crippen molar-refractivity contribution in [2.45, 2.75) is 13.8 Å². The molecule has 3 heterocycles. The molecule has 0 saturated carbocycles. The Morgan fingerprint density at radius 3 is 1.46 bits per heavy atom. The Balaban J connectivity index is 0.000000188. The number of aromatic nitrogens is 2. The number of alkyl halides is 1. The van der Waals surface area contributed by atoms with E-state index in [1.54, 1.807) is 56.9 Å². The molecule has 0 radical (unpaired) electrons. The van der Waals surface area contributed by atoms with Crippen LogP contribution in [0.2, 0.25) is 0 Å². The van der Waals surface area contributed by atoms with Crippen molar-refractivity contribution >= 4 is 45.0 Å². The number of fused-ring (bicyclic) bond motifs is 2. The SMILES string of the molecule is COc1cc2c(Oc3ccc(C)cc3C(=O)c3ccccc3)ccnc2cc1OCCCl.COc1cc2c(Oc3ccc(C)cc3C(=O)c3ccccc3)ccnc2cc1OCCN1CCNCC1. The monoisotopic (exact) mass is 944 g/mol. The van der Waals surface area contributed by atoms with E-state index in [9.17, 15) is 9.59 Å². The van der Waals surface area contributed by atoms with Crippen molar-refractivity contribution in [3.8, 4) is 46.0 Å². The van der Waals surface area contributed by atoms with Crippen LogP contribution in [0.25, 0.3) is 21.8 Å². The van der Waals surface area contributed by atoms with Crippen molar-refractivity contribution in [3.63, 3.8) is 0 Å². The lowest BCUT2D eigenvalue weighted by Crippen LogP contribution is -2.44. The van der Waals surface area contributed by atoms with E-state index in [-0.39, 0.29) is 11.6 Å². The number of halogens is 1. The molecule has 0 unspecified atom stereocenters. The highest BCUT2D eigenvalue weighted by molar-refractivity contribution is 6.18. The third-order valence-corrected chi connectivity index (χ3v) is 11.6. The first-order chi connectivity index (χ1) is 33.7. The predicted octanol–water partition coefficient (Wildman–Crippen LogP) is 11.1. The van der Waals surface area contributed by atoms with Crippen LogP contribution in [-0.2, 0) is 0 Å². The number of ketones is 2. The fraction of sp³-hybridized carbons (Fsp3) is 0.214. The van der Waals surface area contributed by atoms with Crippen LogP contribution in [0.4, 0.5) is 0 Å². The number of nitrogens with zero attached hydrogens (tertiary/aromatic N) is 3. The zero-order valence-corrected chi connectivity index (χ0v) is 39.8. The summed E-state index contributed by atoms with van der Waals surface area (Å²) in [6.07, 6.45) is 3.35. The van der Waals surface area contributed by atoms with E-state index in [1.807, 2.05) is 117 Å². The van der Waals surface area contributed by atoms with Gasteiger partial charge in [-0.25, -0.2) is 0 Å². The third-order valence-electron chi connectivity index (χ3n) is 11.5. The lowest BCUT2D eigenvalue weighted by Gasteiger charge is -2.27. The van der Waals surface area contributed by atoms with Gasteiger partial charge in [0.15, 0.2) is 34.6 Å². The summed E-state index contributed by atoms with van der Waals surface area (Å²) in [6.45, 7) is 9.73. The van der Waals surface area contributed by atoms with E-state index >= 15 is 0 Å². The second-order valence-electron chi connectivity index (χ2n) is 16.2. The van der Waals surface area contributed by atoms with Crippen LogP contribution < -0.4 is 33.7 Å². The number of carbonyl (C=O) groups is 2. The molecule has 9 rings (SSSR count). The molecule has 1 aliphatic rings. The van der Waals surface area contributed by atoms with Gasteiger partial charge in [-0.2, -0.15) is 0 Å². The summed E-state index contributed by atoms with van der Waals surface area (Å²) in [5.74, 6) is 4.63. The van der Waals surface area contributed by atoms with Crippen LogP contribution in [0.5, 0.6) is 46.0 Å². The van der Waals surface area contributed by atoms with Gasteiger partial charge in [0.2, 0.25) is 0 Å². The fourth-order valence-corrected chi connectivity index (χ4v) is 7.97. The quantitative estimate of drug-likeness (QED) is 0.0689. The molecule has 1 saturated heterocycles. The van der Waals surface area contributed by atoms with Crippen LogP contribution in [0.15, 0.2) is 146 Å². The van der Waals surface area contributed by atoms with Gasteiger partial charge >= 0.3 is 0 Å². The van der Waals surface area contributed by atoms with Crippen LogP contribution in [0.3, 0.4) is 0 Å². The summed E-state index contributed by atoms with van der Waals surface area (Å²) in [5, 5.41) is 4.87. The number of rotatable bonds is 17. The highest BCUT2D eigenvalue weighted by Crippen LogP contribution is 2.40. The number of pyridine rings is 2. The maximum atomic E-state index is 13.3. The van der Waals surface area contributed by atoms with Gasteiger partial charge in [-0.1, -0.05) is 83.9 Å². The number of aryl methyl sites for hydroxylation is 2. The molecular weight excluding hydrogens is 892 g/mol. The second-order valence-corrected chi connectivity index (χ2v) is 16.6. The fourth-order valence-electron chi connectivity index (χ4n) is 7.89. The summed E-state index contributed by atoms with van der Waals surface area (Å²) in [5.41, 5.74) is 5.57. The smallest absolute Gasteiger partial charge is 0.196 e. The number of carbonyl (C=O) groups excluding carboxylic acids is 2. The predicted molar refractivity (Wildman–Crippen MR) is 270 cm³/mol. The molecule has 6 aromatic carbocycles.